The zero-order chi connectivity index (χ0) is 43.2. The molecule has 6 heteroatoms. The predicted molar refractivity (Wildman–Crippen MR) is 278 cm³/mol. The van der Waals surface area contributed by atoms with Crippen LogP contribution in [0.4, 0.5) is 45.5 Å². The molecule has 0 bridgehead atoms. The van der Waals surface area contributed by atoms with Crippen molar-refractivity contribution in [2.75, 3.05) is 45.8 Å². The molecule has 2 aliphatic rings. The van der Waals surface area contributed by atoms with Crippen molar-refractivity contribution >= 4 is 93.6 Å². The standard InChI is InChI=1S/C56H66N4Si2/c1-41-53-33-27-50(60(48-25-31-52(32-26-48)62(6,7)8)46-21-17-44(18-22-46)58-37-13-10-14-38-58)40-56(53)42(2)54-34-28-49(39-55(41)54)59(47-23-29-51(30-24-47)61(3,4)5)45-19-15-43(16-20-45)57-35-11-9-12-36-57/h15-34,39-40H,9-14,35-38H2,1-8H3. The van der Waals surface area contributed by atoms with Crippen LogP contribution < -0.4 is 30.0 Å². The summed E-state index contributed by atoms with van der Waals surface area (Å²) in [7, 11) is -2.90. The Hall–Kier alpha value is -5.31. The van der Waals surface area contributed by atoms with Gasteiger partial charge < -0.3 is 19.6 Å². The number of fused-ring (bicyclic) bond motifs is 2. The van der Waals surface area contributed by atoms with Crippen LogP contribution in [0.2, 0.25) is 39.3 Å². The first-order valence-electron chi connectivity index (χ1n) is 23.3. The second-order valence-corrected chi connectivity index (χ2v) is 30.3. The van der Waals surface area contributed by atoms with Gasteiger partial charge in [-0.1, -0.05) is 86.1 Å². The number of nitrogens with zero attached hydrogens (tertiary/aromatic N) is 4. The van der Waals surface area contributed by atoms with Gasteiger partial charge in [-0.25, -0.2) is 0 Å². The van der Waals surface area contributed by atoms with Crippen molar-refractivity contribution in [3.05, 3.63) is 145 Å². The Morgan fingerprint density at radius 2 is 0.629 bits per heavy atom. The van der Waals surface area contributed by atoms with Crippen molar-refractivity contribution in [3.63, 3.8) is 0 Å². The van der Waals surface area contributed by atoms with E-state index in [4.69, 9.17) is 0 Å². The van der Waals surface area contributed by atoms with Crippen molar-refractivity contribution in [1.29, 1.82) is 0 Å². The summed E-state index contributed by atoms with van der Waals surface area (Å²) < 4.78 is 0. The fourth-order valence-corrected chi connectivity index (χ4v) is 12.3. The molecule has 7 aromatic rings. The van der Waals surface area contributed by atoms with E-state index in [-0.39, 0.29) is 0 Å². The molecule has 4 nitrogen and oxygen atoms in total. The van der Waals surface area contributed by atoms with Gasteiger partial charge in [0.05, 0.1) is 16.1 Å². The van der Waals surface area contributed by atoms with E-state index < -0.39 is 16.1 Å². The first-order chi connectivity index (χ1) is 29.8. The molecule has 318 valence electrons. The number of benzene rings is 7. The monoisotopic (exact) mass is 850 g/mol. The van der Waals surface area contributed by atoms with Gasteiger partial charge in [0.1, 0.15) is 0 Å². The van der Waals surface area contributed by atoms with Gasteiger partial charge >= 0.3 is 0 Å². The van der Waals surface area contributed by atoms with Crippen molar-refractivity contribution in [3.8, 4) is 0 Å². The number of hydrogen-bond acceptors (Lipinski definition) is 4. The van der Waals surface area contributed by atoms with E-state index >= 15 is 0 Å². The average molecular weight is 851 g/mol. The number of anilines is 8. The Balaban J connectivity index is 1.13. The number of aryl methyl sites for hydroxylation is 2. The van der Waals surface area contributed by atoms with E-state index in [0.717, 1.165) is 26.2 Å². The lowest BCUT2D eigenvalue weighted by atomic mass is 9.92. The minimum Gasteiger partial charge on any atom is -0.372 e. The van der Waals surface area contributed by atoms with Crippen LogP contribution in [0, 0.1) is 13.8 Å². The van der Waals surface area contributed by atoms with Gasteiger partial charge in [-0.15, -0.1) is 0 Å². The Morgan fingerprint density at radius 1 is 0.339 bits per heavy atom. The van der Waals surface area contributed by atoms with Gasteiger partial charge in [-0.2, -0.15) is 0 Å². The Bertz CT molecular complexity index is 2470. The Labute approximate surface area is 373 Å². The van der Waals surface area contributed by atoms with E-state index in [2.05, 4.69) is 206 Å². The molecule has 0 amide bonds. The second-order valence-electron chi connectivity index (χ2n) is 20.1. The van der Waals surface area contributed by atoms with Gasteiger partial charge in [0, 0.05) is 71.7 Å². The lowest BCUT2D eigenvalue weighted by Gasteiger charge is -2.31. The molecule has 2 heterocycles. The fourth-order valence-electron chi connectivity index (χ4n) is 9.95. The first-order valence-corrected chi connectivity index (χ1v) is 30.3. The molecular formula is C56H66N4Si2. The van der Waals surface area contributed by atoms with Crippen LogP contribution in [-0.4, -0.2) is 42.3 Å². The summed E-state index contributed by atoms with van der Waals surface area (Å²) in [5, 5.41) is 8.19. The second kappa shape index (κ2) is 17.1. The molecule has 0 radical (unpaired) electrons. The van der Waals surface area contributed by atoms with E-state index in [1.165, 1.54) is 127 Å². The molecule has 0 aromatic heterocycles. The van der Waals surface area contributed by atoms with E-state index in [1.807, 2.05) is 0 Å². The molecule has 0 unspecified atom stereocenters. The Morgan fingerprint density at radius 3 is 0.935 bits per heavy atom. The zero-order valence-electron chi connectivity index (χ0n) is 38.6. The molecule has 0 spiro atoms. The number of hydrogen-bond donors (Lipinski definition) is 0. The van der Waals surface area contributed by atoms with Gasteiger partial charge in [-0.3, -0.25) is 0 Å². The molecule has 0 aliphatic carbocycles. The van der Waals surface area contributed by atoms with Crippen LogP contribution in [0.1, 0.15) is 49.7 Å². The van der Waals surface area contributed by atoms with Crippen LogP contribution in [0.15, 0.2) is 133 Å². The first kappa shape index (κ1) is 42.0. The molecule has 2 aliphatic heterocycles. The number of piperidine rings is 2. The van der Waals surface area contributed by atoms with E-state index in [9.17, 15) is 0 Å². The summed E-state index contributed by atoms with van der Waals surface area (Å²) in [4.78, 5) is 10.0. The van der Waals surface area contributed by atoms with Crippen molar-refractivity contribution in [1.82, 2.24) is 0 Å². The highest BCUT2D eigenvalue weighted by Gasteiger charge is 2.23. The highest BCUT2D eigenvalue weighted by Crippen LogP contribution is 2.43. The maximum absolute atomic E-state index is 2.55. The number of rotatable bonds is 10. The molecule has 2 fully saturated rings. The molecule has 0 atom stereocenters. The minimum atomic E-state index is -1.45. The van der Waals surface area contributed by atoms with Crippen LogP contribution in [0.3, 0.4) is 0 Å². The van der Waals surface area contributed by atoms with Gasteiger partial charge in [0.15, 0.2) is 0 Å². The normalized spacial score (nSPS) is 15.0. The predicted octanol–water partition coefficient (Wildman–Crippen LogP) is 14.6. The third kappa shape index (κ3) is 8.44. The van der Waals surface area contributed by atoms with Crippen LogP contribution >= 0.6 is 0 Å². The fraction of sp³-hybridized carbons (Fsp3) is 0.321. The summed E-state index contributed by atoms with van der Waals surface area (Å²) in [6.07, 6.45) is 7.79. The molecule has 9 rings (SSSR count). The molecule has 7 aromatic carbocycles. The smallest absolute Gasteiger partial charge is 0.0775 e. The SMILES string of the molecule is Cc1c2ccc(N(c3ccc(N4CCCCC4)cc3)c3ccc([Si](C)(C)C)cc3)cc2c(C)c2ccc(N(c3ccc(N4CCCCC4)cc3)c3ccc([Si](C)(C)C)cc3)cc12. The largest absolute Gasteiger partial charge is 0.372 e. The maximum Gasteiger partial charge on any atom is 0.0775 e. The lowest BCUT2D eigenvalue weighted by molar-refractivity contribution is 0.578. The summed E-state index contributed by atoms with van der Waals surface area (Å²) in [5.74, 6) is 0. The third-order valence-corrected chi connectivity index (χ3v) is 17.9. The van der Waals surface area contributed by atoms with Crippen molar-refractivity contribution in [2.45, 2.75) is 91.7 Å². The average Bonchev–Trinajstić information content (AvgIpc) is 3.29. The maximum atomic E-state index is 2.55. The Kier molecular flexibility index (Phi) is 11.6. The molecule has 62 heavy (non-hydrogen) atoms. The van der Waals surface area contributed by atoms with Crippen LogP contribution in [0.25, 0.3) is 21.5 Å². The summed E-state index contributed by atoms with van der Waals surface area (Å²) >= 11 is 0. The highest BCUT2D eigenvalue weighted by molar-refractivity contribution is 6.89. The molecule has 0 N–H and O–H groups in total. The van der Waals surface area contributed by atoms with Crippen LogP contribution in [0.5, 0.6) is 0 Å². The van der Waals surface area contributed by atoms with Gasteiger partial charge in [0.2, 0.25) is 0 Å². The van der Waals surface area contributed by atoms with Gasteiger partial charge in [-0.05, 0) is 182 Å². The zero-order valence-corrected chi connectivity index (χ0v) is 40.6. The lowest BCUT2D eigenvalue weighted by Crippen LogP contribution is -2.37. The van der Waals surface area contributed by atoms with Crippen LogP contribution in [-0.2, 0) is 0 Å². The summed E-state index contributed by atoms with van der Waals surface area (Å²) in [6, 6.07) is 51.7. The molecular weight excluding hydrogens is 785 g/mol. The van der Waals surface area contributed by atoms with Crippen molar-refractivity contribution in [2.24, 2.45) is 0 Å². The highest BCUT2D eigenvalue weighted by atomic mass is 28.3. The van der Waals surface area contributed by atoms with Crippen molar-refractivity contribution < 1.29 is 0 Å². The summed E-state index contributed by atoms with van der Waals surface area (Å²) in [5.41, 5.74) is 12.4. The third-order valence-electron chi connectivity index (χ3n) is 13.8. The quantitative estimate of drug-likeness (QED) is 0.100. The topological polar surface area (TPSA) is 13.0 Å². The van der Waals surface area contributed by atoms with Gasteiger partial charge in [0.25, 0.3) is 0 Å². The van der Waals surface area contributed by atoms with E-state index in [1.54, 1.807) is 0 Å². The molecule has 2 saturated heterocycles. The minimum absolute atomic E-state index is 1.15. The molecule has 0 saturated carbocycles. The summed E-state index contributed by atoms with van der Waals surface area (Å²) in [6.45, 7) is 23.8. The van der Waals surface area contributed by atoms with E-state index in [0.29, 0.717) is 0 Å².